The summed E-state index contributed by atoms with van der Waals surface area (Å²) in [5, 5.41) is 13.4. The Morgan fingerprint density at radius 2 is 2.14 bits per heavy atom. The molecule has 0 spiro atoms. The van der Waals surface area contributed by atoms with Gasteiger partial charge in [0.15, 0.2) is 0 Å². The number of nitrogens with two attached hydrogens (primary N) is 1. The van der Waals surface area contributed by atoms with Crippen LogP contribution in [0, 0.1) is 16.0 Å². The molecule has 0 aliphatic carbocycles. The van der Waals surface area contributed by atoms with E-state index in [1.54, 1.807) is 12.1 Å². The van der Waals surface area contributed by atoms with Gasteiger partial charge in [0.05, 0.1) is 4.92 Å². The number of nitrogens with zero attached hydrogens (tertiary/aromatic N) is 1. The van der Waals surface area contributed by atoms with Crippen LogP contribution in [-0.2, 0) is 4.79 Å². The minimum Gasteiger partial charge on any atom is -0.330 e. The van der Waals surface area contributed by atoms with Crippen molar-refractivity contribution in [2.45, 2.75) is 39.0 Å². The van der Waals surface area contributed by atoms with Crippen LogP contribution in [0.15, 0.2) is 24.3 Å². The first kappa shape index (κ1) is 17.1. The predicted octanol–water partition coefficient (Wildman–Crippen LogP) is 3.08. The summed E-state index contributed by atoms with van der Waals surface area (Å²) in [4.78, 5) is 22.1. The van der Waals surface area contributed by atoms with E-state index in [-0.39, 0.29) is 11.6 Å². The van der Waals surface area contributed by atoms with E-state index in [0.717, 1.165) is 25.7 Å². The van der Waals surface area contributed by atoms with Crippen molar-refractivity contribution in [1.29, 1.82) is 0 Å². The Labute approximate surface area is 124 Å². The normalized spacial score (nSPS) is 11.9. The molecule has 1 amide bonds. The second-order valence-corrected chi connectivity index (χ2v) is 5.13. The highest BCUT2D eigenvalue weighted by Crippen LogP contribution is 2.19. The Bertz CT molecular complexity index is 471. The van der Waals surface area contributed by atoms with Gasteiger partial charge in [-0.2, -0.15) is 0 Å². The molecular weight excluding hydrogens is 270 g/mol. The number of rotatable bonds is 9. The summed E-state index contributed by atoms with van der Waals surface area (Å²) in [6.07, 6.45) is 4.29. The molecule has 1 unspecified atom stereocenters. The minimum absolute atomic E-state index is 0.0280. The Hall–Kier alpha value is -1.95. The number of non-ortho nitro benzene ring substituents is 1. The third kappa shape index (κ3) is 6.35. The fourth-order valence-electron chi connectivity index (χ4n) is 2.33. The SMILES string of the molecule is CCCC(CCN)CCC(=O)Nc1cccc([N+](=O)[O-])c1. The van der Waals surface area contributed by atoms with Crippen LogP contribution in [0.3, 0.4) is 0 Å². The van der Waals surface area contributed by atoms with E-state index in [4.69, 9.17) is 5.73 Å². The zero-order valence-electron chi connectivity index (χ0n) is 12.4. The van der Waals surface area contributed by atoms with Gasteiger partial charge in [0.2, 0.25) is 5.91 Å². The lowest BCUT2D eigenvalue weighted by atomic mass is 9.94. The molecule has 1 aromatic rings. The summed E-state index contributed by atoms with van der Waals surface area (Å²) in [6, 6.07) is 5.96. The Balaban J connectivity index is 2.49. The Kier molecular flexibility index (Phi) is 7.39. The van der Waals surface area contributed by atoms with E-state index in [1.165, 1.54) is 12.1 Å². The summed E-state index contributed by atoms with van der Waals surface area (Å²) in [5.74, 6) is 0.351. The van der Waals surface area contributed by atoms with Crippen molar-refractivity contribution in [3.63, 3.8) is 0 Å². The Morgan fingerprint density at radius 1 is 1.38 bits per heavy atom. The van der Waals surface area contributed by atoms with Gasteiger partial charge in [-0.25, -0.2) is 0 Å². The predicted molar refractivity (Wildman–Crippen MR) is 83.0 cm³/mol. The third-order valence-electron chi connectivity index (χ3n) is 3.39. The molecule has 0 bridgehead atoms. The lowest BCUT2D eigenvalue weighted by Gasteiger charge is -2.14. The van der Waals surface area contributed by atoms with Crippen molar-refractivity contribution >= 4 is 17.3 Å². The lowest BCUT2D eigenvalue weighted by molar-refractivity contribution is -0.384. The van der Waals surface area contributed by atoms with Crippen LogP contribution in [-0.4, -0.2) is 17.4 Å². The summed E-state index contributed by atoms with van der Waals surface area (Å²) < 4.78 is 0. The summed E-state index contributed by atoms with van der Waals surface area (Å²) >= 11 is 0. The van der Waals surface area contributed by atoms with Crippen molar-refractivity contribution < 1.29 is 9.72 Å². The number of nitrogens with one attached hydrogen (secondary N) is 1. The van der Waals surface area contributed by atoms with Gasteiger partial charge >= 0.3 is 0 Å². The van der Waals surface area contributed by atoms with Crippen LogP contribution in [0.5, 0.6) is 0 Å². The molecule has 1 aromatic carbocycles. The maximum absolute atomic E-state index is 11.9. The van der Waals surface area contributed by atoms with Crippen LogP contribution in [0.1, 0.15) is 39.0 Å². The molecular formula is C15H23N3O3. The molecule has 3 N–H and O–H groups in total. The fraction of sp³-hybridized carbons (Fsp3) is 0.533. The zero-order valence-corrected chi connectivity index (χ0v) is 12.4. The first-order valence-electron chi connectivity index (χ1n) is 7.31. The van der Waals surface area contributed by atoms with E-state index in [2.05, 4.69) is 12.2 Å². The topological polar surface area (TPSA) is 98.3 Å². The molecule has 6 heteroatoms. The minimum atomic E-state index is -0.478. The number of amides is 1. The number of hydrogen-bond donors (Lipinski definition) is 2. The molecule has 0 fully saturated rings. The second kappa shape index (κ2) is 9.07. The smallest absolute Gasteiger partial charge is 0.271 e. The van der Waals surface area contributed by atoms with Gasteiger partial charge in [0.1, 0.15) is 0 Å². The molecule has 116 valence electrons. The highest BCUT2D eigenvalue weighted by atomic mass is 16.6. The average Bonchev–Trinajstić information content (AvgIpc) is 2.45. The third-order valence-corrected chi connectivity index (χ3v) is 3.39. The number of benzene rings is 1. The monoisotopic (exact) mass is 293 g/mol. The van der Waals surface area contributed by atoms with E-state index in [9.17, 15) is 14.9 Å². The fourth-order valence-corrected chi connectivity index (χ4v) is 2.33. The number of carbonyl (C=O) groups excluding carboxylic acids is 1. The highest BCUT2D eigenvalue weighted by molar-refractivity contribution is 5.90. The average molecular weight is 293 g/mol. The highest BCUT2D eigenvalue weighted by Gasteiger charge is 2.11. The van der Waals surface area contributed by atoms with Gasteiger partial charge in [0.25, 0.3) is 5.69 Å². The standard InChI is InChI=1S/C15H23N3O3/c1-2-4-12(9-10-16)7-8-15(19)17-13-5-3-6-14(11-13)18(20)21/h3,5-6,11-12H,2,4,7-10,16H2,1H3,(H,17,19). The van der Waals surface area contributed by atoms with Crippen molar-refractivity contribution in [2.75, 3.05) is 11.9 Å². The molecule has 0 aliphatic heterocycles. The molecule has 0 saturated carbocycles. The first-order valence-corrected chi connectivity index (χ1v) is 7.31. The van der Waals surface area contributed by atoms with Crippen molar-refractivity contribution in [3.8, 4) is 0 Å². The number of nitro groups is 1. The van der Waals surface area contributed by atoms with Crippen LogP contribution in [0.2, 0.25) is 0 Å². The van der Waals surface area contributed by atoms with Crippen LogP contribution in [0.25, 0.3) is 0 Å². The maximum Gasteiger partial charge on any atom is 0.271 e. The zero-order chi connectivity index (χ0) is 15.7. The number of anilines is 1. The lowest BCUT2D eigenvalue weighted by Crippen LogP contribution is -2.15. The van der Waals surface area contributed by atoms with E-state index >= 15 is 0 Å². The first-order chi connectivity index (χ1) is 10.1. The van der Waals surface area contributed by atoms with Crippen molar-refractivity contribution in [3.05, 3.63) is 34.4 Å². The van der Waals surface area contributed by atoms with Gasteiger partial charge < -0.3 is 11.1 Å². The van der Waals surface area contributed by atoms with Crippen molar-refractivity contribution in [1.82, 2.24) is 0 Å². The number of hydrogen-bond acceptors (Lipinski definition) is 4. The van der Waals surface area contributed by atoms with Crippen LogP contribution in [0.4, 0.5) is 11.4 Å². The molecule has 1 atom stereocenters. The summed E-state index contributed by atoms with van der Waals surface area (Å²) in [5.41, 5.74) is 6.00. The van der Waals surface area contributed by atoms with E-state index < -0.39 is 4.92 Å². The summed E-state index contributed by atoms with van der Waals surface area (Å²) in [7, 11) is 0. The molecule has 21 heavy (non-hydrogen) atoms. The molecule has 1 rings (SSSR count). The van der Waals surface area contributed by atoms with Crippen LogP contribution >= 0.6 is 0 Å². The largest absolute Gasteiger partial charge is 0.330 e. The molecule has 6 nitrogen and oxygen atoms in total. The maximum atomic E-state index is 11.9. The summed E-state index contributed by atoms with van der Waals surface area (Å²) in [6.45, 7) is 2.75. The van der Waals surface area contributed by atoms with Gasteiger partial charge in [-0.3, -0.25) is 14.9 Å². The molecule has 0 aromatic heterocycles. The van der Waals surface area contributed by atoms with Gasteiger partial charge in [-0.15, -0.1) is 0 Å². The Morgan fingerprint density at radius 3 is 2.76 bits per heavy atom. The molecule has 0 radical (unpaired) electrons. The van der Waals surface area contributed by atoms with E-state index in [0.29, 0.717) is 24.6 Å². The van der Waals surface area contributed by atoms with Gasteiger partial charge in [-0.05, 0) is 31.4 Å². The van der Waals surface area contributed by atoms with Crippen LogP contribution < -0.4 is 11.1 Å². The molecule has 0 aliphatic rings. The molecule has 0 saturated heterocycles. The molecule has 0 heterocycles. The second-order valence-electron chi connectivity index (χ2n) is 5.13. The number of nitro benzene ring substituents is 1. The van der Waals surface area contributed by atoms with Gasteiger partial charge in [0, 0.05) is 24.2 Å². The quantitative estimate of drug-likeness (QED) is 0.540. The number of carbonyl (C=O) groups is 1. The van der Waals surface area contributed by atoms with Crippen molar-refractivity contribution in [2.24, 2.45) is 11.7 Å². The van der Waals surface area contributed by atoms with Gasteiger partial charge in [-0.1, -0.05) is 25.8 Å². The van der Waals surface area contributed by atoms with E-state index in [1.807, 2.05) is 0 Å².